The minimum absolute atomic E-state index is 0.0558. The molecule has 0 fully saturated rings. The predicted molar refractivity (Wildman–Crippen MR) is 136 cm³/mol. The van der Waals surface area contributed by atoms with Crippen LogP contribution in [-0.2, 0) is 25.9 Å². The van der Waals surface area contributed by atoms with Crippen LogP contribution in [0.25, 0.3) is 16.6 Å². The van der Waals surface area contributed by atoms with Crippen molar-refractivity contribution in [1.29, 1.82) is 0 Å². The molecule has 170 valence electrons. The van der Waals surface area contributed by atoms with Crippen LogP contribution in [0.1, 0.15) is 28.1 Å². The molecule has 0 radical (unpaired) electrons. The van der Waals surface area contributed by atoms with Crippen LogP contribution >= 0.6 is 0 Å². The highest BCUT2D eigenvalue weighted by Gasteiger charge is 2.24. The van der Waals surface area contributed by atoms with E-state index in [1.165, 1.54) is 27.7 Å². The summed E-state index contributed by atoms with van der Waals surface area (Å²) in [7, 11) is 0. The van der Waals surface area contributed by atoms with Crippen LogP contribution in [0.15, 0.2) is 83.8 Å². The average molecular weight is 449 g/mol. The SMILES string of the molecule is Cc1nc2ccccn2c(=O)c1CCN1CCc2c(c3ccccc3n2Cc2ccccc2)C1. The van der Waals surface area contributed by atoms with Crippen molar-refractivity contribution in [3.63, 3.8) is 0 Å². The zero-order chi connectivity index (χ0) is 23.1. The first-order valence-corrected chi connectivity index (χ1v) is 12.0. The number of hydrogen-bond donors (Lipinski definition) is 0. The maximum absolute atomic E-state index is 13.1. The molecule has 1 aliphatic heterocycles. The van der Waals surface area contributed by atoms with E-state index in [2.05, 4.69) is 69.0 Å². The van der Waals surface area contributed by atoms with E-state index in [1.54, 1.807) is 4.40 Å². The lowest BCUT2D eigenvalue weighted by Crippen LogP contribution is -2.34. The molecule has 0 spiro atoms. The summed E-state index contributed by atoms with van der Waals surface area (Å²) in [5.41, 5.74) is 7.95. The molecule has 0 N–H and O–H groups in total. The van der Waals surface area contributed by atoms with Crippen molar-refractivity contribution in [3.05, 3.63) is 117 Å². The van der Waals surface area contributed by atoms with Crippen molar-refractivity contribution < 1.29 is 0 Å². The summed E-state index contributed by atoms with van der Waals surface area (Å²) < 4.78 is 4.16. The number of para-hydroxylation sites is 1. The van der Waals surface area contributed by atoms with Gasteiger partial charge >= 0.3 is 0 Å². The second-order valence-corrected chi connectivity index (χ2v) is 9.20. The molecule has 1 aliphatic rings. The first-order valence-electron chi connectivity index (χ1n) is 12.0. The number of hydrogen-bond acceptors (Lipinski definition) is 3. The van der Waals surface area contributed by atoms with Gasteiger partial charge in [0.2, 0.25) is 0 Å². The van der Waals surface area contributed by atoms with Crippen molar-refractivity contribution in [3.8, 4) is 0 Å². The maximum atomic E-state index is 13.1. The second-order valence-electron chi connectivity index (χ2n) is 9.20. The first kappa shape index (κ1) is 20.9. The first-order chi connectivity index (χ1) is 16.7. The fourth-order valence-electron chi connectivity index (χ4n) is 5.39. The lowest BCUT2D eigenvalue weighted by molar-refractivity contribution is 0.255. The Balaban J connectivity index is 1.28. The molecule has 5 heteroatoms. The number of rotatable bonds is 5. The Kier molecular flexibility index (Phi) is 5.27. The molecule has 4 heterocycles. The van der Waals surface area contributed by atoms with Crippen LogP contribution in [0.4, 0.5) is 0 Å². The van der Waals surface area contributed by atoms with Gasteiger partial charge in [-0.3, -0.25) is 14.1 Å². The normalized spacial score (nSPS) is 14.0. The fourth-order valence-corrected chi connectivity index (χ4v) is 5.39. The van der Waals surface area contributed by atoms with Crippen LogP contribution in [-0.4, -0.2) is 31.9 Å². The highest BCUT2D eigenvalue weighted by atomic mass is 16.1. The van der Waals surface area contributed by atoms with E-state index in [0.29, 0.717) is 12.1 Å². The summed E-state index contributed by atoms with van der Waals surface area (Å²) in [6.45, 7) is 5.62. The minimum atomic E-state index is 0.0558. The van der Waals surface area contributed by atoms with E-state index in [-0.39, 0.29) is 5.56 Å². The number of pyridine rings is 1. The van der Waals surface area contributed by atoms with Gasteiger partial charge in [-0.25, -0.2) is 4.98 Å². The molecule has 0 saturated carbocycles. The molecule has 3 aromatic heterocycles. The zero-order valence-corrected chi connectivity index (χ0v) is 19.4. The lowest BCUT2D eigenvalue weighted by atomic mass is 10.0. The Hall–Kier alpha value is -3.70. The quantitative estimate of drug-likeness (QED) is 0.394. The topological polar surface area (TPSA) is 42.5 Å². The van der Waals surface area contributed by atoms with Gasteiger partial charge in [-0.05, 0) is 42.7 Å². The van der Waals surface area contributed by atoms with Crippen LogP contribution in [0, 0.1) is 6.92 Å². The van der Waals surface area contributed by atoms with Crippen molar-refractivity contribution in [1.82, 2.24) is 18.9 Å². The highest BCUT2D eigenvalue weighted by Crippen LogP contribution is 2.31. The monoisotopic (exact) mass is 448 g/mol. The molecule has 2 aromatic carbocycles. The summed E-state index contributed by atoms with van der Waals surface area (Å²) in [5, 5.41) is 1.35. The highest BCUT2D eigenvalue weighted by molar-refractivity contribution is 5.86. The van der Waals surface area contributed by atoms with Gasteiger partial charge in [0.25, 0.3) is 5.56 Å². The van der Waals surface area contributed by atoms with E-state index in [0.717, 1.165) is 43.9 Å². The molecule has 0 amide bonds. The smallest absolute Gasteiger partial charge is 0.261 e. The third-order valence-corrected chi connectivity index (χ3v) is 7.14. The standard InChI is InChI=1S/C29H28N4O/c1-21-23(29(34)32-16-8-7-13-28(32)30-21)14-17-31-18-15-27-25(20-31)24-11-5-6-12-26(24)33(27)19-22-9-3-2-4-10-22/h2-13,16H,14-15,17-20H2,1H3. The molecular weight excluding hydrogens is 420 g/mol. The molecule has 5 nitrogen and oxygen atoms in total. The van der Waals surface area contributed by atoms with Crippen LogP contribution < -0.4 is 5.56 Å². The minimum Gasteiger partial charge on any atom is -0.340 e. The van der Waals surface area contributed by atoms with E-state index < -0.39 is 0 Å². The number of fused-ring (bicyclic) bond motifs is 4. The van der Waals surface area contributed by atoms with E-state index in [9.17, 15) is 4.79 Å². The second kappa shape index (κ2) is 8.58. The van der Waals surface area contributed by atoms with Gasteiger partial charge in [0.15, 0.2) is 0 Å². The van der Waals surface area contributed by atoms with Gasteiger partial charge in [0, 0.05) is 66.7 Å². The number of nitrogens with zero attached hydrogens (tertiary/aromatic N) is 4. The lowest BCUT2D eigenvalue weighted by Gasteiger charge is -2.28. The molecule has 6 rings (SSSR count). The molecule has 34 heavy (non-hydrogen) atoms. The van der Waals surface area contributed by atoms with Crippen LogP contribution in [0.3, 0.4) is 0 Å². The van der Waals surface area contributed by atoms with E-state index in [4.69, 9.17) is 0 Å². The largest absolute Gasteiger partial charge is 0.340 e. The van der Waals surface area contributed by atoms with Gasteiger partial charge in [0.05, 0.1) is 0 Å². The third-order valence-electron chi connectivity index (χ3n) is 7.14. The average Bonchev–Trinajstić information content (AvgIpc) is 3.17. The van der Waals surface area contributed by atoms with Gasteiger partial charge in [-0.2, -0.15) is 0 Å². The molecule has 0 unspecified atom stereocenters. The molecule has 0 atom stereocenters. The number of aromatic nitrogens is 3. The summed E-state index contributed by atoms with van der Waals surface area (Å²) in [6, 6.07) is 25.2. The fraction of sp³-hybridized carbons (Fsp3) is 0.241. The molecular formula is C29H28N4O. The predicted octanol–water partition coefficient (Wildman–Crippen LogP) is 4.61. The van der Waals surface area contributed by atoms with Crippen molar-refractivity contribution in [2.24, 2.45) is 0 Å². The molecule has 5 aromatic rings. The summed E-state index contributed by atoms with van der Waals surface area (Å²) >= 11 is 0. The van der Waals surface area contributed by atoms with Gasteiger partial charge in [0.1, 0.15) is 5.65 Å². The third kappa shape index (κ3) is 3.62. The van der Waals surface area contributed by atoms with Crippen molar-refractivity contribution in [2.45, 2.75) is 32.9 Å². The van der Waals surface area contributed by atoms with Crippen molar-refractivity contribution in [2.75, 3.05) is 13.1 Å². The molecule has 0 bridgehead atoms. The Morgan fingerprint density at radius 2 is 1.74 bits per heavy atom. The van der Waals surface area contributed by atoms with Gasteiger partial charge < -0.3 is 4.57 Å². The maximum Gasteiger partial charge on any atom is 0.261 e. The summed E-state index contributed by atoms with van der Waals surface area (Å²) in [6.07, 6.45) is 3.54. The van der Waals surface area contributed by atoms with Crippen molar-refractivity contribution >= 4 is 16.6 Å². The van der Waals surface area contributed by atoms with Gasteiger partial charge in [-0.1, -0.05) is 54.6 Å². The number of aryl methyl sites for hydroxylation is 1. The Labute approximate surface area is 198 Å². The summed E-state index contributed by atoms with van der Waals surface area (Å²) in [4.78, 5) is 20.2. The zero-order valence-electron chi connectivity index (χ0n) is 19.4. The van der Waals surface area contributed by atoms with Crippen LogP contribution in [0.5, 0.6) is 0 Å². The Bertz CT molecular complexity index is 1550. The molecule has 0 aliphatic carbocycles. The van der Waals surface area contributed by atoms with E-state index >= 15 is 0 Å². The Morgan fingerprint density at radius 1 is 0.941 bits per heavy atom. The van der Waals surface area contributed by atoms with E-state index in [1.807, 2.05) is 31.3 Å². The summed E-state index contributed by atoms with van der Waals surface area (Å²) in [5.74, 6) is 0. The number of benzene rings is 2. The van der Waals surface area contributed by atoms with Gasteiger partial charge in [-0.15, -0.1) is 0 Å². The molecule has 0 saturated heterocycles. The Morgan fingerprint density at radius 3 is 2.62 bits per heavy atom. The van der Waals surface area contributed by atoms with Crippen LogP contribution in [0.2, 0.25) is 0 Å².